The molecule has 1 aromatic carbocycles. The van der Waals surface area contributed by atoms with Gasteiger partial charge in [-0.15, -0.1) is 0 Å². The van der Waals surface area contributed by atoms with Crippen LogP contribution in [0.4, 0.5) is 0 Å². The number of fused-ring (bicyclic) bond motifs is 1. The lowest BCUT2D eigenvalue weighted by Gasteiger charge is -2.25. The van der Waals surface area contributed by atoms with Gasteiger partial charge in [-0.05, 0) is 57.2 Å². The van der Waals surface area contributed by atoms with E-state index in [-0.39, 0.29) is 38.2 Å². The fourth-order valence-corrected chi connectivity index (χ4v) is 4.28. The number of nitrogens with zero attached hydrogens (tertiary/aromatic N) is 1. The molecule has 1 aromatic heterocycles. The summed E-state index contributed by atoms with van der Waals surface area (Å²) in [5, 5.41) is 28.0. The summed E-state index contributed by atoms with van der Waals surface area (Å²) in [5.41, 5.74) is 23.6. The molecule has 42 heavy (non-hydrogen) atoms. The highest BCUT2D eigenvalue weighted by molar-refractivity contribution is 5.95. The molecule has 0 aliphatic carbocycles. The Morgan fingerprint density at radius 3 is 2.19 bits per heavy atom. The van der Waals surface area contributed by atoms with Gasteiger partial charge in [0.05, 0.1) is 6.10 Å². The van der Waals surface area contributed by atoms with E-state index in [4.69, 9.17) is 22.9 Å². The Kier molecular flexibility index (Phi) is 13.7. The lowest BCUT2D eigenvalue weighted by atomic mass is 10.0. The van der Waals surface area contributed by atoms with Crippen LogP contribution in [0.25, 0.3) is 10.9 Å². The van der Waals surface area contributed by atoms with Gasteiger partial charge in [0.15, 0.2) is 5.96 Å². The van der Waals surface area contributed by atoms with Crippen LogP contribution in [0.2, 0.25) is 0 Å². The number of aromatic amines is 1. The van der Waals surface area contributed by atoms with Gasteiger partial charge in [0.2, 0.25) is 17.7 Å². The van der Waals surface area contributed by atoms with Crippen LogP contribution >= 0.6 is 0 Å². The Bertz CT molecular complexity index is 1230. The van der Waals surface area contributed by atoms with Crippen molar-refractivity contribution in [3.63, 3.8) is 0 Å². The Hall–Kier alpha value is -4.21. The zero-order valence-corrected chi connectivity index (χ0v) is 23.7. The number of guanidine groups is 1. The molecule has 15 nitrogen and oxygen atoms in total. The molecule has 3 amide bonds. The van der Waals surface area contributed by atoms with Crippen LogP contribution in [0.1, 0.15) is 44.6 Å². The number of carbonyl (C=O) groups is 4. The summed E-state index contributed by atoms with van der Waals surface area (Å²) in [5.74, 6) is -3.54. The number of rotatable bonds is 18. The number of carbonyl (C=O) groups excluding carboxylic acids is 3. The number of amides is 3. The van der Waals surface area contributed by atoms with Crippen molar-refractivity contribution in [3.8, 4) is 0 Å². The van der Waals surface area contributed by atoms with E-state index in [2.05, 4.69) is 25.9 Å². The van der Waals surface area contributed by atoms with Gasteiger partial charge in [-0.3, -0.25) is 19.4 Å². The number of para-hydroxylation sites is 1. The Morgan fingerprint density at radius 2 is 1.55 bits per heavy atom. The van der Waals surface area contributed by atoms with Crippen molar-refractivity contribution in [1.82, 2.24) is 20.9 Å². The van der Waals surface area contributed by atoms with Gasteiger partial charge >= 0.3 is 5.97 Å². The molecule has 2 rings (SSSR count). The number of carboxylic acids is 1. The van der Waals surface area contributed by atoms with Gasteiger partial charge in [0, 0.05) is 30.1 Å². The third kappa shape index (κ3) is 10.6. The van der Waals surface area contributed by atoms with Crippen molar-refractivity contribution in [2.75, 3.05) is 13.1 Å². The standard InChI is InChI=1S/C27H43N9O6/c1-15(37)22(29)25(40)36-21(13-16-14-33-18-8-3-2-7-17(16)18)24(39)34-19(10-6-12-32-27(30)31)23(38)35-20(26(41)42)9-4-5-11-28/h2-3,7-8,14-15,19-22,33,37H,4-6,9-13,28-29H2,1H3,(H,34,39)(H,35,38)(H,36,40)(H,41,42)(H4,30,31,32). The maximum absolute atomic E-state index is 13.6. The van der Waals surface area contributed by atoms with Gasteiger partial charge in [-0.1, -0.05) is 18.2 Å². The van der Waals surface area contributed by atoms with E-state index in [1.165, 1.54) is 6.92 Å². The molecule has 0 saturated heterocycles. The quantitative estimate of drug-likeness (QED) is 0.0526. The highest BCUT2D eigenvalue weighted by atomic mass is 16.4. The lowest BCUT2D eigenvalue weighted by molar-refractivity contribution is -0.142. The lowest BCUT2D eigenvalue weighted by Crippen LogP contribution is -2.58. The van der Waals surface area contributed by atoms with Crippen LogP contribution in [0, 0.1) is 0 Å². The van der Waals surface area contributed by atoms with Crippen LogP contribution < -0.4 is 38.9 Å². The number of aromatic nitrogens is 1. The number of benzene rings is 1. The largest absolute Gasteiger partial charge is 0.480 e. The zero-order valence-electron chi connectivity index (χ0n) is 23.7. The number of H-pyrrole nitrogens is 1. The topological polar surface area (TPSA) is 277 Å². The van der Waals surface area contributed by atoms with Gasteiger partial charge < -0.3 is 54.1 Å². The molecular weight excluding hydrogens is 546 g/mol. The third-order valence-electron chi connectivity index (χ3n) is 6.69. The Morgan fingerprint density at radius 1 is 0.929 bits per heavy atom. The highest BCUT2D eigenvalue weighted by Crippen LogP contribution is 2.19. The first kappa shape index (κ1) is 34.0. The minimum atomic E-state index is -1.30. The first-order chi connectivity index (χ1) is 19.9. The van der Waals surface area contributed by atoms with Crippen molar-refractivity contribution in [2.45, 2.75) is 75.7 Å². The van der Waals surface area contributed by atoms with Crippen molar-refractivity contribution in [1.29, 1.82) is 0 Å². The normalized spacial score (nSPS) is 14.7. The number of aliphatic carboxylic acids is 1. The van der Waals surface area contributed by atoms with Gasteiger partial charge in [-0.25, -0.2) is 4.79 Å². The van der Waals surface area contributed by atoms with E-state index < -0.39 is 54.0 Å². The molecule has 0 bridgehead atoms. The first-order valence-corrected chi connectivity index (χ1v) is 13.8. The van der Waals surface area contributed by atoms with E-state index >= 15 is 0 Å². The SMILES string of the molecule is CC(O)C(N)C(=O)NC(Cc1c[nH]c2ccccc12)C(=O)NC(CCCN=C(N)N)C(=O)NC(CCCCN)C(=O)O. The summed E-state index contributed by atoms with van der Waals surface area (Å²) in [4.78, 5) is 58.4. The summed E-state index contributed by atoms with van der Waals surface area (Å²) in [6, 6.07) is 2.56. The summed E-state index contributed by atoms with van der Waals surface area (Å²) in [6.45, 7) is 1.90. The van der Waals surface area contributed by atoms with E-state index in [0.29, 0.717) is 19.4 Å². The first-order valence-electron chi connectivity index (χ1n) is 13.8. The number of hydrogen-bond donors (Lipinski definition) is 10. The smallest absolute Gasteiger partial charge is 0.326 e. The van der Waals surface area contributed by atoms with Crippen LogP contribution in [0.5, 0.6) is 0 Å². The van der Waals surface area contributed by atoms with E-state index in [1.54, 1.807) is 6.20 Å². The molecule has 1 heterocycles. The number of hydrogen-bond acceptors (Lipinski definition) is 8. The molecular formula is C27H43N9O6. The Balaban J connectivity index is 2.30. The van der Waals surface area contributed by atoms with Crippen LogP contribution in [-0.4, -0.2) is 88.2 Å². The minimum absolute atomic E-state index is 0.0350. The fourth-order valence-electron chi connectivity index (χ4n) is 4.28. The molecule has 0 saturated carbocycles. The van der Waals surface area contributed by atoms with E-state index in [9.17, 15) is 29.4 Å². The molecule has 14 N–H and O–H groups in total. The third-order valence-corrected chi connectivity index (χ3v) is 6.69. The van der Waals surface area contributed by atoms with Gasteiger partial charge in [-0.2, -0.15) is 0 Å². The fraction of sp³-hybridized carbons (Fsp3) is 0.519. The number of unbranched alkanes of at least 4 members (excludes halogenated alkanes) is 1. The second-order valence-corrected chi connectivity index (χ2v) is 10.1. The molecule has 232 valence electrons. The summed E-state index contributed by atoms with van der Waals surface area (Å²) < 4.78 is 0. The van der Waals surface area contributed by atoms with Crippen LogP contribution in [-0.2, 0) is 25.6 Å². The zero-order chi connectivity index (χ0) is 31.2. The van der Waals surface area contributed by atoms with Crippen molar-refractivity contribution in [3.05, 3.63) is 36.0 Å². The summed E-state index contributed by atoms with van der Waals surface area (Å²) >= 11 is 0. The van der Waals surface area contributed by atoms with Gasteiger partial charge in [0.25, 0.3) is 0 Å². The van der Waals surface area contributed by atoms with Gasteiger partial charge in [0.1, 0.15) is 24.2 Å². The number of carboxylic acid groups (broad SMARTS) is 1. The second kappa shape index (κ2) is 16.9. The predicted octanol–water partition coefficient (Wildman–Crippen LogP) is -1.86. The van der Waals surface area contributed by atoms with Crippen LogP contribution in [0.3, 0.4) is 0 Å². The molecule has 0 aliphatic heterocycles. The number of aliphatic imine (C=N–C) groups is 1. The summed E-state index contributed by atoms with van der Waals surface area (Å²) in [7, 11) is 0. The Labute approximate surface area is 243 Å². The molecule has 15 heteroatoms. The van der Waals surface area contributed by atoms with Crippen molar-refractivity contribution >= 4 is 40.6 Å². The molecule has 5 atom stereocenters. The van der Waals surface area contributed by atoms with E-state index in [1.807, 2.05) is 24.3 Å². The number of aliphatic hydroxyl groups excluding tert-OH is 1. The maximum atomic E-state index is 13.6. The maximum Gasteiger partial charge on any atom is 0.326 e. The summed E-state index contributed by atoms with van der Waals surface area (Å²) in [6.07, 6.45) is 2.15. The van der Waals surface area contributed by atoms with E-state index in [0.717, 1.165) is 16.5 Å². The molecule has 0 spiro atoms. The average Bonchev–Trinajstić information content (AvgIpc) is 3.35. The number of aliphatic hydroxyl groups is 1. The van der Waals surface area contributed by atoms with Crippen molar-refractivity contribution in [2.24, 2.45) is 27.9 Å². The average molecular weight is 590 g/mol. The predicted molar refractivity (Wildman–Crippen MR) is 158 cm³/mol. The molecule has 0 radical (unpaired) electrons. The van der Waals surface area contributed by atoms with Crippen molar-refractivity contribution < 1.29 is 29.4 Å². The second-order valence-electron chi connectivity index (χ2n) is 10.1. The number of nitrogens with two attached hydrogens (primary N) is 4. The monoisotopic (exact) mass is 589 g/mol. The molecule has 2 aromatic rings. The number of nitrogens with one attached hydrogen (secondary N) is 4. The molecule has 0 aliphatic rings. The highest BCUT2D eigenvalue weighted by Gasteiger charge is 2.31. The molecule has 0 fully saturated rings. The van der Waals surface area contributed by atoms with Crippen LogP contribution in [0.15, 0.2) is 35.5 Å². The molecule has 5 unspecified atom stereocenters. The minimum Gasteiger partial charge on any atom is -0.480 e.